The number of hydrogen-bond acceptors (Lipinski definition) is 5. The molecule has 0 aliphatic heterocycles. The van der Waals surface area contributed by atoms with Crippen LogP contribution in [0.3, 0.4) is 0 Å². The van der Waals surface area contributed by atoms with E-state index in [0.717, 1.165) is 18.2 Å². The maximum atomic E-state index is 12.8. The maximum absolute atomic E-state index is 12.8. The molecular formula is C19H19Cl2N5O3S. The zero-order chi connectivity index (χ0) is 21.6. The van der Waals surface area contributed by atoms with Crippen LogP contribution in [-0.4, -0.2) is 35.1 Å². The lowest BCUT2D eigenvalue weighted by molar-refractivity contribution is 0.102. The first kappa shape index (κ1) is 21.0. The minimum atomic E-state index is -3.85. The van der Waals surface area contributed by atoms with Crippen LogP contribution in [0.15, 0.2) is 35.5 Å². The van der Waals surface area contributed by atoms with E-state index in [1.807, 2.05) is 13.8 Å². The van der Waals surface area contributed by atoms with Gasteiger partial charge in [-0.25, -0.2) is 22.8 Å². The van der Waals surface area contributed by atoms with Crippen molar-refractivity contribution in [3.8, 4) is 0 Å². The fourth-order valence-corrected chi connectivity index (χ4v) is 5.14. The number of anilines is 1. The number of carbonyl (C=O) groups excluding carboxylic acids is 1. The number of pyridine rings is 1. The molecule has 4 rings (SSSR count). The van der Waals surface area contributed by atoms with Gasteiger partial charge in [0, 0.05) is 17.5 Å². The highest BCUT2D eigenvalue weighted by Crippen LogP contribution is 2.31. The van der Waals surface area contributed by atoms with Crippen molar-refractivity contribution < 1.29 is 13.2 Å². The van der Waals surface area contributed by atoms with Crippen molar-refractivity contribution in [3.63, 3.8) is 0 Å². The lowest BCUT2D eigenvalue weighted by atomic mass is 10.2. The Balaban J connectivity index is 1.63. The molecule has 0 bridgehead atoms. The van der Waals surface area contributed by atoms with Gasteiger partial charge >= 0.3 is 0 Å². The second kappa shape index (κ2) is 7.81. The van der Waals surface area contributed by atoms with Gasteiger partial charge in [0.2, 0.25) is 10.0 Å². The SMILES string of the molecule is CC(C)n1ncc2cc(NC(=O)c3cc(S(=O)(=O)NC4CC4)c(Cl)cc3Cl)cnc21. The van der Waals surface area contributed by atoms with Crippen LogP contribution in [0.25, 0.3) is 11.0 Å². The summed E-state index contributed by atoms with van der Waals surface area (Å²) in [7, 11) is -3.85. The van der Waals surface area contributed by atoms with E-state index < -0.39 is 15.9 Å². The Kier molecular flexibility index (Phi) is 5.48. The van der Waals surface area contributed by atoms with Crippen LogP contribution in [0.1, 0.15) is 43.1 Å². The quantitative estimate of drug-likeness (QED) is 0.569. The number of benzene rings is 1. The maximum Gasteiger partial charge on any atom is 0.257 e. The Morgan fingerprint density at radius 1 is 1.17 bits per heavy atom. The number of rotatable bonds is 6. The van der Waals surface area contributed by atoms with E-state index in [1.54, 1.807) is 16.9 Å². The van der Waals surface area contributed by atoms with E-state index in [2.05, 4.69) is 20.1 Å². The highest BCUT2D eigenvalue weighted by atomic mass is 35.5. The van der Waals surface area contributed by atoms with Gasteiger partial charge in [0.05, 0.1) is 33.7 Å². The lowest BCUT2D eigenvalue weighted by Crippen LogP contribution is -2.26. The molecule has 0 atom stereocenters. The van der Waals surface area contributed by atoms with Gasteiger partial charge in [0.25, 0.3) is 5.91 Å². The molecule has 1 saturated carbocycles. The first-order valence-corrected chi connectivity index (χ1v) is 11.6. The van der Waals surface area contributed by atoms with Gasteiger partial charge < -0.3 is 5.32 Å². The third kappa shape index (κ3) is 4.15. The summed E-state index contributed by atoms with van der Waals surface area (Å²) in [5.74, 6) is -0.572. The summed E-state index contributed by atoms with van der Waals surface area (Å²) in [5.41, 5.74) is 1.13. The third-order valence-corrected chi connectivity index (χ3v) is 6.93. The largest absolute Gasteiger partial charge is 0.321 e. The lowest BCUT2D eigenvalue weighted by Gasteiger charge is -2.12. The number of amides is 1. The molecule has 1 aliphatic rings. The second-order valence-electron chi connectivity index (χ2n) is 7.43. The minimum Gasteiger partial charge on any atom is -0.321 e. The van der Waals surface area contributed by atoms with Gasteiger partial charge in [-0.05, 0) is 44.9 Å². The number of aromatic nitrogens is 3. The van der Waals surface area contributed by atoms with Crippen LogP contribution >= 0.6 is 23.2 Å². The number of nitrogens with one attached hydrogen (secondary N) is 2. The van der Waals surface area contributed by atoms with E-state index in [-0.39, 0.29) is 32.6 Å². The monoisotopic (exact) mass is 467 g/mol. The zero-order valence-corrected chi connectivity index (χ0v) is 18.5. The average Bonchev–Trinajstić information content (AvgIpc) is 3.35. The topological polar surface area (TPSA) is 106 Å². The zero-order valence-electron chi connectivity index (χ0n) is 16.2. The summed E-state index contributed by atoms with van der Waals surface area (Å²) >= 11 is 12.3. The molecule has 2 aromatic heterocycles. The van der Waals surface area contributed by atoms with Crippen molar-refractivity contribution in [2.24, 2.45) is 0 Å². The smallest absolute Gasteiger partial charge is 0.257 e. The molecule has 0 unspecified atom stereocenters. The minimum absolute atomic E-state index is 0.00443. The number of halogens is 2. The molecule has 1 aromatic carbocycles. The molecule has 1 fully saturated rings. The Bertz CT molecular complexity index is 1250. The molecule has 2 N–H and O–H groups in total. The molecule has 8 nitrogen and oxygen atoms in total. The molecule has 0 saturated heterocycles. The van der Waals surface area contributed by atoms with E-state index in [4.69, 9.17) is 23.2 Å². The van der Waals surface area contributed by atoms with Crippen molar-refractivity contribution >= 4 is 55.9 Å². The number of fused-ring (bicyclic) bond motifs is 1. The molecule has 3 aromatic rings. The van der Waals surface area contributed by atoms with Crippen LogP contribution in [0.2, 0.25) is 10.0 Å². The Hall–Kier alpha value is -2.20. The van der Waals surface area contributed by atoms with Crippen molar-refractivity contribution in [2.75, 3.05) is 5.32 Å². The van der Waals surface area contributed by atoms with Crippen molar-refractivity contribution in [1.82, 2.24) is 19.5 Å². The van der Waals surface area contributed by atoms with Crippen LogP contribution < -0.4 is 10.0 Å². The molecule has 11 heteroatoms. The van der Waals surface area contributed by atoms with E-state index in [1.165, 1.54) is 18.3 Å². The third-order valence-electron chi connectivity index (χ3n) is 4.64. The fraction of sp³-hybridized carbons (Fsp3) is 0.316. The Morgan fingerprint density at radius 3 is 2.57 bits per heavy atom. The van der Waals surface area contributed by atoms with Crippen LogP contribution in [0.5, 0.6) is 0 Å². The summed E-state index contributed by atoms with van der Waals surface area (Å²) in [4.78, 5) is 17.0. The number of nitrogens with zero attached hydrogens (tertiary/aromatic N) is 3. The summed E-state index contributed by atoms with van der Waals surface area (Å²) in [5, 5.41) is 7.76. The highest BCUT2D eigenvalue weighted by molar-refractivity contribution is 7.89. The predicted molar refractivity (Wildman–Crippen MR) is 116 cm³/mol. The van der Waals surface area contributed by atoms with Gasteiger partial charge in [-0.15, -0.1) is 0 Å². The van der Waals surface area contributed by atoms with E-state index in [9.17, 15) is 13.2 Å². The molecule has 0 spiro atoms. The molecule has 30 heavy (non-hydrogen) atoms. The van der Waals surface area contributed by atoms with Gasteiger partial charge in [-0.2, -0.15) is 5.10 Å². The summed E-state index contributed by atoms with van der Waals surface area (Å²) in [6.07, 6.45) is 4.74. The van der Waals surface area contributed by atoms with Gasteiger partial charge in [-0.1, -0.05) is 23.2 Å². The van der Waals surface area contributed by atoms with E-state index >= 15 is 0 Å². The molecule has 158 valence electrons. The number of carbonyl (C=O) groups is 1. The Labute approximate surface area is 183 Å². The fourth-order valence-electron chi connectivity index (χ4n) is 2.98. The number of sulfonamides is 1. The van der Waals surface area contributed by atoms with Crippen molar-refractivity contribution in [3.05, 3.63) is 46.2 Å². The van der Waals surface area contributed by atoms with Crippen LogP contribution in [0.4, 0.5) is 5.69 Å². The molecular weight excluding hydrogens is 449 g/mol. The average molecular weight is 468 g/mol. The van der Waals surface area contributed by atoms with Crippen LogP contribution in [-0.2, 0) is 10.0 Å². The predicted octanol–water partition coefficient (Wildman–Crippen LogP) is 4.01. The first-order chi connectivity index (χ1) is 14.2. The van der Waals surface area contributed by atoms with Gasteiger partial charge in [0.1, 0.15) is 4.90 Å². The molecule has 0 radical (unpaired) electrons. The normalized spacial score (nSPS) is 14.4. The van der Waals surface area contributed by atoms with Gasteiger partial charge in [-0.3, -0.25) is 4.79 Å². The van der Waals surface area contributed by atoms with Crippen molar-refractivity contribution in [2.45, 2.75) is 43.7 Å². The second-order valence-corrected chi connectivity index (χ2v) is 9.93. The van der Waals surface area contributed by atoms with Gasteiger partial charge in [0.15, 0.2) is 5.65 Å². The molecule has 2 heterocycles. The summed E-state index contributed by atoms with van der Waals surface area (Å²) < 4.78 is 29.5. The first-order valence-electron chi connectivity index (χ1n) is 9.31. The molecule has 1 aliphatic carbocycles. The Morgan fingerprint density at radius 2 is 1.90 bits per heavy atom. The van der Waals surface area contributed by atoms with E-state index in [0.29, 0.717) is 11.3 Å². The van der Waals surface area contributed by atoms with Crippen LogP contribution in [0, 0.1) is 0 Å². The standard InChI is InChI=1S/C19H19Cl2N5O3S/c1-10(2)26-18-11(8-23-26)5-13(9-22-18)24-19(27)14-6-17(16(21)7-15(14)20)30(28,29)25-12-3-4-12/h5-10,12,25H,3-4H2,1-2H3,(H,24,27). The van der Waals surface area contributed by atoms with Crippen molar-refractivity contribution in [1.29, 1.82) is 0 Å². The summed E-state index contributed by atoms with van der Waals surface area (Å²) in [6.45, 7) is 3.99. The number of hydrogen-bond donors (Lipinski definition) is 2. The molecule has 1 amide bonds. The highest BCUT2D eigenvalue weighted by Gasteiger charge is 2.30. The summed E-state index contributed by atoms with van der Waals surface area (Å²) in [6, 6.07) is 4.24.